The summed E-state index contributed by atoms with van der Waals surface area (Å²) in [6.07, 6.45) is 9.40. The molecular weight excluding hydrogens is 198 g/mol. The molecule has 0 heterocycles. The van der Waals surface area contributed by atoms with Gasteiger partial charge in [-0.1, -0.05) is 6.07 Å². The summed E-state index contributed by atoms with van der Waals surface area (Å²) >= 11 is 0. The number of terminal acetylenes is 1. The number of phenols is 1. The first-order chi connectivity index (χ1) is 7.81. The lowest BCUT2D eigenvalue weighted by Crippen LogP contribution is -2.25. The van der Waals surface area contributed by atoms with E-state index in [9.17, 15) is 5.11 Å². The SMILES string of the molecule is C#CCCNC1CCCc2cc(O)ccc21. The van der Waals surface area contributed by atoms with Gasteiger partial charge in [-0.15, -0.1) is 12.3 Å². The van der Waals surface area contributed by atoms with Crippen LogP contribution in [-0.4, -0.2) is 11.7 Å². The number of hydrogen-bond donors (Lipinski definition) is 2. The van der Waals surface area contributed by atoms with Gasteiger partial charge in [-0.05, 0) is 42.5 Å². The van der Waals surface area contributed by atoms with Gasteiger partial charge in [0.1, 0.15) is 5.75 Å². The molecule has 1 aliphatic rings. The maximum absolute atomic E-state index is 9.44. The molecule has 16 heavy (non-hydrogen) atoms. The normalized spacial score (nSPS) is 18.8. The van der Waals surface area contributed by atoms with Crippen molar-refractivity contribution in [3.05, 3.63) is 29.3 Å². The lowest BCUT2D eigenvalue weighted by atomic mass is 9.87. The van der Waals surface area contributed by atoms with E-state index in [1.807, 2.05) is 12.1 Å². The molecule has 84 valence electrons. The number of fused-ring (bicyclic) bond motifs is 1. The average Bonchev–Trinajstić information content (AvgIpc) is 2.29. The monoisotopic (exact) mass is 215 g/mol. The van der Waals surface area contributed by atoms with E-state index >= 15 is 0 Å². The van der Waals surface area contributed by atoms with Crippen molar-refractivity contribution >= 4 is 0 Å². The number of phenolic OH excluding ortho intramolecular Hbond substituents is 1. The van der Waals surface area contributed by atoms with Crippen LogP contribution in [0.25, 0.3) is 0 Å². The molecule has 0 aliphatic heterocycles. The Kier molecular flexibility index (Phi) is 3.48. The van der Waals surface area contributed by atoms with Crippen molar-refractivity contribution in [1.29, 1.82) is 0 Å². The van der Waals surface area contributed by atoms with Crippen molar-refractivity contribution in [3.63, 3.8) is 0 Å². The Morgan fingerprint density at radius 1 is 1.50 bits per heavy atom. The molecule has 0 saturated heterocycles. The summed E-state index contributed by atoms with van der Waals surface area (Å²) in [5, 5.41) is 12.9. The Bertz CT molecular complexity index is 406. The lowest BCUT2D eigenvalue weighted by Gasteiger charge is -2.26. The molecule has 2 heteroatoms. The van der Waals surface area contributed by atoms with Gasteiger partial charge < -0.3 is 10.4 Å². The van der Waals surface area contributed by atoms with E-state index in [2.05, 4.69) is 11.2 Å². The highest BCUT2D eigenvalue weighted by Gasteiger charge is 2.19. The second kappa shape index (κ2) is 5.05. The van der Waals surface area contributed by atoms with Crippen molar-refractivity contribution in [3.8, 4) is 18.1 Å². The first-order valence-electron chi connectivity index (χ1n) is 5.80. The summed E-state index contributed by atoms with van der Waals surface area (Å²) in [6.45, 7) is 0.863. The predicted octanol–water partition coefficient (Wildman–Crippen LogP) is 2.38. The molecule has 2 rings (SSSR count). The zero-order valence-electron chi connectivity index (χ0n) is 9.37. The van der Waals surface area contributed by atoms with Crippen LogP contribution >= 0.6 is 0 Å². The van der Waals surface area contributed by atoms with Crippen LogP contribution in [0.1, 0.15) is 36.4 Å². The van der Waals surface area contributed by atoms with Crippen molar-refractivity contribution < 1.29 is 5.11 Å². The number of hydrogen-bond acceptors (Lipinski definition) is 2. The molecule has 1 aromatic carbocycles. The number of rotatable bonds is 3. The minimum atomic E-state index is 0.364. The molecule has 1 unspecified atom stereocenters. The summed E-state index contributed by atoms with van der Waals surface area (Å²) in [4.78, 5) is 0. The molecular formula is C14H17NO. The molecule has 0 radical (unpaired) electrons. The van der Waals surface area contributed by atoms with E-state index in [1.165, 1.54) is 17.5 Å². The van der Waals surface area contributed by atoms with Crippen molar-refractivity contribution in [2.75, 3.05) is 6.54 Å². The first kappa shape index (κ1) is 11.0. The number of aryl methyl sites for hydroxylation is 1. The van der Waals surface area contributed by atoms with Gasteiger partial charge in [-0.25, -0.2) is 0 Å². The summed E-state index contributed by atoms with van der Waals surface area (Å²) in [5.41, 5.74) is 2.59. The van der Waals surface area contributed by atoms with Crippen LogP contribution in [0.3, 0.4) is 0 Å². The van der Waals surface area contributed by atoms with Crippen molar-refractivity contribution in [2.24, 2.45) is 0 Å². The van der Waals surface area contributed by atoms with Gasteiger partial charge in [-0.2, -0.15) is 0 Å². The van der Waals surface area contributed by atoms with Gasteiger partial charge in [0.2, 0.25) is 0 Å². The van der Waals surface area contributed by atoms with E-state index < -0.39 is 0 Å². The molecule has 0 amide bonds. The fourth-order valence-electron chi connectivity index (χ4n) is 2.33. The fraction of sp³-hybridized carbons (Fsp3) is 0.429. The zero-order valence-corrected chi connectivity index (χ0v) is 9.37. The highest BCUT2D eigenvalue weighted by Crippen LogP contribution is 2.31. The second-order valence-corrected chi connectivity index (χ2v) is 4.24. The fourth-order valence-corrected chi connectivity index (χ4v) is 2.33. The minimum Gasteiger partial charge on any atom is -0.508 e. The topological polar surface area (TPSA) is 32.3 Å². The summed E-state index contributed by atoms with van der Waals surface area (Å²) in [6, 6.07) is 6.07. The molecule has 1 atom stereocenters. The summed E-state index contributed by atoms with van der Waals surface area (Å²) in [5.74, 6) is 3.00. The van der Waals surface area contributed by atoms with E-state index in [4.69, 9.17) is 6.42 Å². The summed E-state index contributed by atoms with van der Waals surface area (Å²) < 4.78 is 0. The van der Waals surface area contributed by atoms with Crippen LogP contribution < -0.4 is 5.32 Å². The van der Waals surface area contributed by atoms with Crippen LogP contribution in [0.4, 0.5) is 0 Å². The standard InChI is InChI=1S/C14H17NO/c1-2-3-9-15-14-6-4-5-11-10-12(16)7-8-13(11)14/h1,7-8,10,14-16H,3-6,9H2. The van der Waals surface area contributed by atoms with Gasteiger partial charge >= 0.3 is 0 Å². The van der Waals surface area contributed by atoms with Crippen LogP contribution in [0.5, 0.6) is 5.75 Å². The van der Waals surface area contributed by atoms with Crippen molar-refractivity contribution in [1.82, 2.24) is 5.32 Å². The van der Waals surface area contributed by atoms with E-state index in [0.29, 0.717) is 11.8 Å². The molecule has 0 aromatic heterocycles. The Hall–Kier alpha value is -1.46. The molecule has 0 bridgehead atoms. The third-order valence-corrected chi connectivity index (χ3v) is 3.10. The molecule has 1 aromatic rings. The Morgan fingerprint density at radius 3 is 3.19 bits per heavy atom. The quantitative estimate of drug-likeness (QED) is 0.599. The van der Waals surface area contributed by atoms with Crippen LogP contribution in [0.15, 0.2) is 18.2 Å². The highest BCUT2D eigenvalue weighted by molar-refractivity contribution is 5.38. The smallest absolute Gasteiger partial charge is 0.115 e. The number of benzene rings is 1. The van der Waals surface area contributed by atoms with Crippen molar-refractivity contribution in [2.45, 2.75) is 31.7 Å². The minimum absolute atomic E-state index is 0.364. The van der Waals surface area contributed by atoms with Gasteiger partial charge in [0, 0.05) is 19.0 Å². The van der Waals surface area contributed by atoms with Gasteiger partial charge in [0.05, 0.1) is 0 Å². The molecule has 2 nitrogen and oxygen atoms in total. The van der Waals surface area contributed by atoms with Gasteiger partial charge in [-0.3, -0.25) is 0 Å². The molecule has 0 saturated carbocycles. The Morgan fingerprint density at radius 2 is 2.38 bits per heavy atom. The lowest BCUT2D eigenvalue weighted by molar-refractivity contribution is 0.454. The third-order valence-electron chi connectivity index (χ3n) is 3.10. The molecule has 0 spiro atoms. The number of aromatic hydroxyl groups is 1. The Balaban J connectivity index is 2.11. The van der Waals surface area contributed by atoms with Crippen LogP contribution in [0, 0.1) is 12.3 Å². The average molecular weight is 215 g/mol. The van der Waals surface area contributed by atoms with Gasteiger partial charge in [0.15, 0.2) is 0 Å². The molecule has 2 N–H and O–H groups in total. The highest BCUT2D eigenvalue weighted by atomic mass is 16.3. The zero-order chi connectivity index (χ0) is 11.4. The number of nitrogens with one attached hydrogen (secondary N) is 1. The molecule has 0 fully saturated rings. The van der Waals surface area contributed by atoms with E-state index in [0.717, 1.165) is 25.8 Å². The van der Waals surface area contributed by atoms with Gasteiger partial charge in [0.25, 0.3) is 0 Å². The second-order valence-electron chi connectivity index (χ2n) is 4.24. The largest absolute Gasteiger partial charge is 0.508 e. The van der Waals surface area contributed by atoms with E-state index in [-0.39, 0.29) is 0 Å². The first-order valence-corrected chi connectivity index (χ1v) is 5.80. The maximum atomic E-state index is 9.44. The Labute approximate surface area is 96.7 Å². The van der Waals surface area contributed by atoms with Crippen LogP contribution in [0.2, 0.25) is 0 Å². The summed E-state index contributed by atoms with van der Waals surface area (Å²) in [7, 11) is 0. The maximum Gasteiger partial charge on any atom is 0.115 e. The predicted molar refractivity (Wildman–Crippen MR) is 65.2 cm³/mol. The van der Waals surface area contributed by atoms with E-state index in [1.54, 1.807) is 6.07 Å². The van der Waals surface area contributed by atoms with Crippen LogP contribution in [-0.2, 0) is 6.42 Å². The molecule has 1 aliphatic carbocycles. The third kappa shape index (κ3) is 2.37.